The van der Waals surface area contributed by atoms with Crippen LogP contribution < -0.4 is 14.8 Å². The Kier molecular flexibility index (Phi) is 4.77. The molecule has 0 saturated carbocycles. The number of rotatable bonds is 4. The van der Waals surface area contributed by atoms with Gasteiger partial charge >= 0.3 is 0 Å². The molecule has 20 heavy (non-hydrogen) atoms. The molecule has 0 spiro atoms. The SMILES string of the molecule is CNC(=O)c1cc(S(=O)(=O)NC(C)(C)C)ccc1OC. The number of sulfonamides is 1. The molecule has 2 N–H and O–H groups in total. The van der Waals surface area contributed by atoms with Crippen molar-refractivity contribution in [3.05, 3.63) is 23.8 Å². The first-order valence-electron chi connectivity index (χ1n) is 6.05. The monoisotopic (exact) mass is 300 g/mol. The molecule has 7 heteroatoms. The van der Waals surface area contributed by atoms with Gasteiger partial charge in [0.25, 0.3) is 5.91 Å². The van der Waals surface area contributed by atoms with Gasteiger partial charge in [-0.1, -0.05) is 0 Å². The highest BCUT2D eigenvalue weighted by molar-refractivity contribution is 7.89. The average molecular weight is 300 g/mol. The summed E-state index contributed by atoms with van der Waals surface area (Å²) < 4.78 is 32.0. The zero-order valence-corrected chi connectivity index (χ0v) is 13.1. The molecule has 6 nitrogen and oxygen atoms in total. The molecule has 0 bridgehead atoms. The van der Waals surface area contributed by atoms with Crippen molar-refractivity contribution in [2.75, 3.05) is 14.2 Å². The second-order valence-corrected chi connectivity index (χ2v) is 6.98. The van der Waals surface area contributed by atoms with Crippen molar-refractivity contribution in [2.45, 2.75) is 31.2 Å². The van der Waals surface area contributed by atoms with Gasteiger partial charge in [0.05, 0.1) is 17.6 Å². The summed E-state index contributed by atoms with van der Waals surface area (Å²) in [6.07, 6.45) is 0. The van der Waals surface area contributed by atoms with Gasteiger partial charge in [-0.3, -0.25) is 4.79 Å². The molecule has 0 atom stereocenters. The van der Waals surface area contributed by atoms with E-state index in [-0.39, 0.29) is 10.5 Å². The first-order valence-corrected chi connectivity index (χ1v) is 7.53. The molecule has 0 heterocycles. The Morgan fingerprint density at radius 2 is 1.85 bits per heavy atom. The first kappa shape index (κ1) is 16.5. The highest BCUT2D eigenvalue weighted by atomic mass is 32.2. The van der Waals surface area contributed by atoms with Crippen LogP contribution in [-0.4, -0.2) is 34.0 Å². The summed E-state index contributed by atoms with van der Waals surface area (Å²) >= 11 is 0. The number of carbonyl (C=O) groups excluding carboxylic acids is 1. The highest BCUT2D eigenvalue weighted by Crippen LogP contribution is 2.23. The molecule has 1 rings (SSSR count). The lowest BCUT2D eigenvalue weighted by atomic mass is 10.1. The molecule has 0 aromatic heterocycles. The maximum atomic E-state index is 12.2. The molecule has 0 unspecified atom stereocenters. The van der Waals surface area contributed by atoms with E-state index in [0.717, 1.165) is 0 Å². The van der Waals surface area contributed by atoms with E-state index in [2.05, 4.69) is 10.0 Å². The van der Waals surface area contributed by atoms with Crippen LogP contribution in [0.2, 0.25) is 0 Å². The number of nitrogens with one attached hydrogen (secondary N) is 2. The fourth-order valence-corrected chi connectivity index (χ4v) is 3.07. The van der Waals surface area contributed by atoms with Crippen molar-refractivity contribution in [1.29, 1.82) is 0 Å². The molecule has 0 aliphatic heterocycles. The summed E-state index contributed by atoms with van der Waals surface area (Å²) in [5, 5.41) is 2.45. The molecule has 1 amide bonds. The summed E-state index contributed by atoms with van der Waals surface area (Å²) in [7, 11) is -0.804. The maximum absolute atomic E-state index is 12.2. The first-order chi connectivity index (χ1) is 9.10. The van der Waals surface area contributed by atoms with E-state index < -0.39 is 21.5 Å². The van der Waals surface area contributed by atoms with Crippen LogP contribution in [0, 0.1) is 0 Å². The highest BCUT2D eigenvalue weighted by Gasteiger charge is 2.24. The largest absolute Gasteiger partial charge is 0.496 e. The Morgan fingerprint density at radius 1 is 1.25 bits per heavy atom. The van der Waals surface area contributed by atoms with Crippen molar-refractivity contribution >= 4 is 15.9 Å². The van der Waals surface area contributed by atoms with Gasteiger partial charge in [0.15, 0.2) is 0 Å². The predicted molar refractivity (Wildman–Crippen MR) is 76.5 cm³/mol. The van der Waals surface area contributed by atoms with E-state index in [9.17, 15) is 13.2 Å². The van der Waals surface area contributed by atoms with Crippen LogP contribution in [0.25, 0.3) is 0 Å². The minimum atomic E-state index is -3.69. The lowest BCUT2D eigenvalue weighted by Gasteiger charge is -2.20. The van der Waals surface area contributed by atoms with Crippen molar-refractivity contribution in [3.8, 4) is 5.75 Å². The van der Waals surface area contributed by atoms with Crippen molar-refractivity contribution in [1.82, 2.24) is 10.0 Å². The molecular formula is C13H20N2O4S. The molecular weight excluding hydrogens is 280 g/mol. The van der Waals surface area contributed by atoms with Crippen LogP contribution in [0.1, 0.15) is 31.1 Å². The van der Waals surface area contributed by atoms with Gasteiger partial charge in [-0.15, -0.1) is 0 Å². The van der Waals surface area contributed by atoms with Crippen molar-refractivity contribution in [3.63, 3.8) is 0 Å². The van der Waals surface area contributed by atoms with E-state index in [1.165, 1.54) is 32.4 Å². The quantitative estimate of drug-likeness (QED) is 0.873. The zero-order valence-electron chi connectivity index (χ0n) is 12.3. The van der Waals surface area contributed by atoms with Crippen molar-refractivity contribution < 1.29 is 17.9 Å². The lowest BCUT2D eigenvalue weighted by Crippen LogP contribution is -2.40. The van der Waals surface area contributed by atoms with E-state index in [1.807, 2.05) is 0 Å². The van der Waals surface area contributed by atoms with Gasteiger partial charge in [-0.05, 0) is 39.0 Å². The van der Waals surface area contributed by atoms with Gasteiger partial charge in [-0.2, -0.15) is 0 Å². The molecule has 112 valence electrons. The Labute approximate surface area is 119 Å². The van der Waals surface area contributed by atoms with Crippen LogP contribution >= 0.6 is 0 Å². The number of ether oxygens (including phenoxy) is 1. The molecule has 0 saturated heterocycles. The van der Waals surface area contributed by atoms with Crippen LogP contribution in [-0.2, 0) is 10.0 Å². The maximum Gasteiger partial charge on any atom is 0.254 e. The Bertz CT molecular complexity index is 603. The molecule has 0 aliphatic carbocycles. The second kappa shape index (κ2) is 5.80. The van der Waals surface area contributed by atoms with Gasteiger partial charge in [0, 0.05) is 12.6 Å². The van der Waals surface area contributed by atoms with Crippen LogP contribution in [0.5, 0.6) is 5.75 Å². The molecule has 1 aromatic carbocycles. The summed E-state index contributed by atoms with van der Waals surface area (Å²) in [4.78, 5) is 11.8. The van der Waals surface area contributed by atoms with Crippen LogP contribution in [0.15, 0.2) is 23.1 Å². The summed E-state index contributed by atoms with van der Waals surface area (Å²) in [6.45, 7) is 5.23. The van der Waals surface area contributed by atoms with Crippen LogP contribution in [0.3, 0.4) is 0 Å². The minimum Gasteiger partial charge on any atom is -0.496 e. The number of amides is 1. The molecule has 0 aliphatic rings. The third kappa shape index (κ3) is 3.94. The van der Waals surface area contributed by atoms with Gasteiger partial charge < -0.3 is 10.1 Å². The van der Waals surface area contributed by atoms with E-state index >= 15 is 0 Å². The summed E-state index contributed by atoms with van der Waals surface area (Å²) in [5.74, 6) is -0.0892. The summed E-state index contributed by atoms with van der Waals surface area (Å²) in [6, 6.07) is 4.16. The summed E-state index contributed by atoms with van der Waals surface area (Å²) in [5.41, 5.74) is -0.432. The van der Waals surface area contributed by atoms with Crippen LogP contribution in [0.4, 0.5) is 0 Å². The normalized spacial score (nSPS) is 12.1. The Hall–Kier alpha value is -1.60. The number of benzene rings is 1. The van der Waals surface area contributed by atoms with Gasteiger partial charge in [-0.25, -0.2) is 13.1 Å². The van der Waals surface area contributed by atoms with Crippen molar-refractivity contribution in [2.24, 2.45) is 0 Å². The van der Waals surface area contributed by atoms with E-state index in [1.54, 1.807) is 20.8 Å². The number of methoxy groups -OCH3 is 1. The predicted octanol–water partition coefficient (Wildman–Crippen LogP) is 1.13. The number of carbonyl (C=O) groups is 1. The van der Waals surface area contributed by atoms with E-state index in [0.29, 0.717) is 5.75 Å². The fraction of sp³-hybridized carbons (Fsp3) is 0.462. The second-order valence-electron chi connectivity index (χ2n) is 5.30. The third-order valence-electron chi connectivity index (χ3n) is 2.39. The van der Waals surface area contributed by atoms with Gasteiger partial charge in [0.2, 0.25) is 10.0 Å². The zero-order chi connectivity index (χ0) is 15.6. The smallest absolute Gasteiger partial charge is 0.254 e. The fourth-order valence-electron chi connectivity index (χ4n) is 1.63. The Balaban J connectivity index is 3.31. The van der Waals surface area contributed by atoms with Gasteiger partial charge in [0.1, 0.15) is 5.75 Å². The molecule has 0 radical (unpaired) electrons. The van der Waals surface area contributed by atoms with E-state index in [4.69, 9.17) is 4.74 Å². The third-order valence-corrected chi connectivity index (χ3v) is 4.15. The Morgan fingerprint density at radius 3 is 2.30 bits per heavy atom. The standard InChI is InChI=1S/C13H20N2O4S/c1-13(2,3)15-20(17,18)9-6-7-11(19-5)10(8-9)12(16)14-4/h6-8,15H,1-5H3,(H,14,16). The molecule has 1 aromatic rings. The lowest BCUT2D eigenvalue weighted by molar-refractivity contribution is 0.0960. The number of hydrogen-bond acceptors (Lipinski definition) is 4. The topological polar surface area (TPSA) is 84.5 Å². The average Bonchev–Trinajstić information content (AvgIpc) is 2.34. The number of hydrogen-bond donors (Lipinski definition) is 2. The molecule has 0 fully saturated rings. The minimum absolute atomic E-state index is 0.0202.